The van der Waals surface area contributed by atoms with E-state index in [1.165, 1.54) is 12.1 Å². The first-order valence-electron chi connectivity index (χ1n) is 6.68. The number of urea groups is 1. The minimum atomic E-state index is -4.38. The fraction of sp³-hybridized carbons (Fsp3) is 0.500. The Hall–Kier alpha value is -1.96. The molecule has 0 aliphatic heterocycles. The Morgan fingerprint density at radius 1 is 1.23 bits per heavy atom. The van der Waals surface area contributed by atoms with E-state index < -0.39 is 18.8 Å². The van der Waals surface area contributed by atoms with E-state index in [2.05, 4.69) is 15.4 Å². The van der Waals surface area contributed by atoms with Crippen molar-refractivity contribution in [2.45, 2.75) is 32.1 Å². The number of ether oxygens (including phenoxy) is 1. The van der Waals surface area contributed by atoms with Crippen LogP contribution < -0.4 is 15.4 Å². The maximum absolute atomic E-state index is 12.0. The van der Waals surface area contributed by atoms with Crippen LogP contribution in [0.15, 0.2) is 24.3 Å². The van der Waals surface area contributed by atoms with Gasteiger partial charge in [-0.3, -0.25) is 0 Å². The van der Waals surface area contributed by atoms with Gasteiger partial charge in [-0.25, -0.2) is 4.79 Å². The summed E-state index contributed by atoms with van der Waals surface area (Å²) >= 11 is 0. The van der Waals surface area contributed by atoms with Crippen molar-refractivity contribution >= 4 is 6.03 Å². The summed E-state index contributed by atoms with van der Waals surface area (Å²) < 4.78 is 40.7. The van der Waals surface area contributed by atoms with E-state index >= 15 is 0 Å². The fourth-order valence-electron chi connectivity index (χ4n) is 1.61. The standard InChI is InChI=1S/C14H19F3N2O3/c1-9(7-20)18-13(21)19-10(2)11-3-5-12(6-4-11)22-8-14(15,16)17/h3-6,9-10,20H,7-8H2,1-2H3,(H2,18,19,21). The van der Waals surface area contributed by atoms with Gasteiger partial charge in [-0.1, -0.05) is 12.1 Å². The summed E-state index contributed by atoms with van der Waals surface area (Å²) in [5, 5.41) is 14.0. The molecule has 22 heavy (non-hydrogen) atoms. The van der Waals surface area contributed by atoms with Crippen LogP contribution in [0.2, 0.25) is 0 Å². The molecule has 1 aromatic carbocycles. The lowest BCUT2D eigenvalue weighted by Gasteiger charge is -2.17. The van der Waals surface area contributed by atoms with Crippen molar-refractivity contribution in [3.63, 3.8) is 0 Å². The molecule has 0 radical (unpaired) electrons. The SMILES string of the molecule is CC(CO)NC(=O)NC(C)c1ccc(OCC(F)(F)F)cc1. The number of rotatable bonds is 6. The zero-order valence-corrected chi connectivity index (χ0v) is 12.3. The number of hydrogen-bond donors (Lipinski definition) is 3. The van der Waals surface area contributed by atoms with Crippen LogP contribution in [0.3, 0.4) is 0 Å². The highest BCUT2D eigenvalue weighted by Crippen LogP contribution is 2.20. The normalized spacial score (nSPS) is 14.1. The summed E-state index contributed by atoms with van der Waals surface area (Å²) in [6.07, 6.45) is -4.38. The third kappa shape index (κ3) is 6.66. The lowest BCUT2D eigenvalue weighted by atomic mass is 10.1. The van der Waals surface area contributed by atoms with E-state index in [0.29, 0.717) is 5.56 Å². The van der Waals surface area contributed by atoms with Crippen molar-refractivity contribution < 1.29 is 27.8 Å². The maximum Gasteiger partial charge on any atom is 0.422 e. The summed E-state index contributed by atoms with van der Waals surface area (Å²) in [6, 6.07) is 4.82. The number of halogens is 3. The first kappa shape index (κ1) is 18.1. The van der Waals surface area contributed by atoms with Crippen molar-refractivity contribution in [1.82, 2.24) is 10.6 Å². The van der Waals surface area contributed by atoms with Crippen molar-refractivity contribution in [1.29, 1.82) is 0 Å². The number of alkyl halides is 3. The number of aliphatic hydroxyl groups excluding tert-OH is 1. The number of carbonyl (C=O) groups excluding carboxylic acids is 1. The Labute approximate surface area is 126 Å². The lowest BCUT2D eigenvalue weighted by Crippen LogP contribution is -2.43. The second kappa shape index (κ2) is 7.88. The van der Waals surface area contributed by atoms with Gasteiger partial charge in [0, 0.05) is 0 Å². The Morgan fingerprint density at radius 2 is 1.82 bits per heavy atom. The summed E-state index contributed by atoms with van der Waals surface area (Å²) in [5.41, 5.74) is 0.714. The molecule has 8 heteroatoms. The van der Waals surface area contributed by atoms with Gasteiger partial charge >= 0.3 is 12.2 Å². The molecule has 2 unspecified atom stereocenters. The Morgan fingerprint density at radius 3 is 2.32 bits per heavy atom. The predicted molar refractivity (Wildman–Crippen MR) is 74.6 cm³/mol. The second-order valence-electron chi connectivity index (χ2n) is 4.90. The zero-order chi connectivity index (χ0) is 16.8. The Bertz CT molecular complexity index is 477. The molecule has 0 fully saturated rings. The van der Waals surface area contributed by atoms with Gasteiger partial charge in [-0.05, 0) is 31.5 Å². The summed E-state index contributed by atoms with van der Waals surface area (Å²) in [5.74, 6) is 0.103. The van der Waals surface area contributed by atoms with Crippen molar-refractivity contribution in [2.75, 3.05) is 13.2 Å². The molecule has 0 aliphatic carbocycles. The van der Waals surface area contributed by atoms with Gasteiger partial charge in [0.2, 0.25) is 0 Å². The van der Waals surface area contributed by atoms with E-state index in [-0.39, 0.29) is 24.4 Å². The average molecular weight is 320 g/mol. The molecule has 0 aliphatic rings. The third-order valence-electron chi connectivity index (χ3n) is 2.78. The van der Waals surface area contributed by atoms with E-state index in [1.807, 2.05) is 0 Å². The highest BCUT2D eigenvalue weighted by molar-refractivity contribution is 5.74. The molecular formula is C14H19F3N2O3. The van der Waals surface area contributed by atoms with Crippen LogP contribution >= 0.6 is 0 Å². The molecule has 1 rings (SSSR count). The third-order valence-corrected chi connectivity index (χ3v) is 2.78. The van der Waals surface area contributed by atoms with Crippen molar-refractivity contribution in [3.8, 4) is 5.75 Å². The highest BCUT2D eigenvalue weighted by Gasteiger charge is 2.28. The van der Waals surface area contributed by atoms with Crippen LogP contribution in [-0.4, -0.2) is 36.6 Å². The van der Waals surface area contributed by atoms with E-state index in [1.54, 1.807) is 26.0 Å². The fourth-order valence-corrected chi connectivity index (χ4v) is 1.61. The van der Waals surface area contributed by atoms with Crippen LogP contribution in [0, 0.1) is 0 Å². The molecular weight excluding hydrogens is 301 g/mol. The van der Waals surface area contributed by atoms with Gasteiger partial charge in [0.15, 0.2) is 6.61 Å². The summed E-state index contributed by atoms with van der Waals surface area (Å²) in [6.45, 7) is 1.86. The highest BCUT2D eigenvalue weighted by atomic mass is 19.4. The Kier molecular flexibility index (Phi) is 6.48. The van der Waals surface area contributed by atoms with Crippen LogP contribution in [0.4, 0.5) is 18.0 Å². The summed E-state index contributed by atoms with van der Waals surface area (Å²) in [7, 11) is 0. The topological polar surface area (TPSA) is 70.6 Å². The molecule has 0 saturated heterocycles. The molecule has 2 amide bonds. The quantitative estimate of drug-likeness (QED) is 0.753. The van der Waals surface area contributed by atoms with E-state index in [9.17, 15) is 18.0 Å². The first-order valence-corrected chi connectivity index (χ1v) is 6.68. The number of nitrogens with one attached hydrogen (secondary N) is 2. The van der Waals surface area contributed by atoms with Crippen LogP contribution in [0.25, 0.3) is 0 Å². The first-order chi connectivity index (χ1) is 10.2. The number of benzene rings is 1. The molecule has 3 N–H and O–H groups in total. The second-order valence-corrected chi connectivity index (χ2v) is 4.90. The van der Waals surface area contributed by atoms with Crippen LogP contribution in [0.1, 0.15) is 25.5 Å². The van der Waals surface area contributed by atoms with E-state index in [4.69, 9.17) is 5.11 Å². The van der Waals surface area contributed by atoms with Gasteiger partial charge in [0.05, 0.1) is 18.7 Å². The number of carbonyl (C=O) groups is 1. The van der Waals surface area contributed by atoms with Gasteiger partial charge in [0.25, 0.3) is 0 Å². The molecule has 5 nitrogen and oxygen atoms in total. The summed E-state index contributed by atoms with van der Waals surface area (Å²) in [4.78, 5) is 11.6. The van der Waals surface area contributed by atoms with Gasteiger partial charge in [-0.2, -0.15) is 13.2 Å². The van der Waals surface area contributed by atoms with Gasteiger partial charge in [0.1, 0.15) is 5.75 Å². The van der Waals surface area contributed by atoms with E-state index in [0.717, 1.165) is 0 Å². The predicted octanol–water partition coefficient (Wildman–Crippen LogP) is 2.37. The minimum absolute atomic E-state index is 0.103. The Balaban J connectivity index is 2.53. The zero-order valence-electron chi connectivity index (χ0n) is 12.3. The average Bonchev–Trinajstić information content (AvgIpc) is 2.44. The molecule has 0 heterocycles. The minimum Gasteiger partial charge on any atom is -0.484 e. The molecule has 0 saturated carbocycles. The molecule has 0 aromatic heterocycles. The number of aliphatic hydroxyl groups is 1. The van der Waals surface area contributed by atoms with Crippen LogP contribution in [0.5, 0.6) is 5.75 Å². The smallest absolute Gasteiger partial charge is 0.422 e. The van der Waals surface area contributed by atoms with Gasteiger partial charge in [-0.15, -0.1) is 0 Å². The molecule has 1 aromatic rings. The van der Waals surface area contributed by atoms with Gasteiger partial charge < -0.3 is 20.5 Å². The van der Waals surface area contributed by atoms with Crippen molar-refractivity contribution in [3.05, 3.63) is 29.8 Å². The number of amides is 2. The molecule has 124 valence electrons. The van der Waals surface area contributed by atoms with Crippen molar-refractivity contribution in [2.24, 2.45) is 0 Å². The maximum atomic E-state index is 12.0. The van der Waals surface area contributed by atoms with Crippen LogP contribution in [-0.2, 0) is 0 Å². The molecule has 2 atom stereocenters. The monoisotopic (exact) mass is 320 g/mol. The number of hydrogen-bond acceptors (Lipinski definition) is 3. The largest absolute Gasteiger partial charge is 0.484 e. The molecule has 0 bridgehead atoms. The lowest BCUT2D eigenvalue weighted by molar-refractivity contribution is -0.153. The molecule has 0 spiro atoms.